The van der Waals surface area contributed by atoms with E-state index >= 15 is 4.79 Å². The molecule has 4 heterocycles. The maximum atomic E-state index is 15.1. The zero-order chi connectivity index (χ0) is 60.1. The van der Waals surface area contributed by atoms with Crippen LogP contribution in [0.2, 0.25) is 0 Å². The van der Waals surface area contributed by atoms with Crippen LogP contribution in [0.4, 0.5) is 0 Å². The quantitative estimate of drug-likeness (QED) is 0.0611. The van der Waals surface area contributed by atoms with E-state index in [2.05, 4.69) is 57.5 Å². The Morgan fingerprint density at radius 1 is 0.361 bits per heavy atom. The van der Waals surface area contributed by atoms with Crippen molar-refractivity contribution in [1.29, 1.82) is 0 Å². The van der Waals surface area contributed by atoms with Crippen molar-refractivity contribution in [1.82, 2.24) is 57.5 Å². The summed E-state index contributed by atoms with van der Waals surface area (Å²) in [6.07, 6.45) is 4.77. The molecule has 0 bridgehead atoms. The third-order valence-electron chi connectivity index (χ3n) is 14.9. The van der Waals surface area contributed by atoms with Crippen molar-refractivity contribution in [3.05, 3.63) is 108 Å². The van der Waals surface area contributed by atoms with E-state index in [0.29, 0.717) is 16.7 Å². The van der Waals surface area contributed by atoms with Crippen LogP contribution < -0.4 is 48.3 Å². The molecule has 21 heteroatoms. The molecule has 3 aromatic carbocycles. The first-order valence-corrected chi connectivity index (χ1v) is 28.9. The van der Waals surface area contributed by atoms with Gasteiger partial charge in [0.1, 0.15) is 48.3 Å². The molecule has 0 aliphatic carbocycles. The lowest BCUT2D eigenvalue weighted by atomic mass is 9.97. The minimum absolute atomic E-state index is 0.0452. The maximum absolute atomic E-state index is 15.1. The van der Waals surface area contributed by atoms with E-state index in [0.717, 1.165) is 32.7 Å². The third kappa shape index (κ3) is 17.0. The van der Waals surface area contributed by atoms with Crippen LogP contribution in [-0.4, -0.2) is 116 Å². The van der Waals surface area contributed by atoms with Gasteiger partial charge in [0.25, 0.3) is 0 Å². The Morgan fingerprint density at radius 3 is 0.855 bits per heavy atom. The topological polar surface area (TPSA) is 323 Å². The minimum Gasteiger partial charge on any atom is -0.370 e. The van der Waals surface area contributed by atoms with Gasteiger partial charge >= 0.3 is 0 Å². The Hall–Kier alpha value is -8.49. The van der Waals surface area contributed by atoms with E-state index in [-0.39, 0.29) is 81.5 Å². The summed E-state index contributed by atoms with van der Waals surface area (Å²) in [5, 5.41) is 25.3. The molecular formula is C62H82N12O9. The number of hydrogen-bond donors (Lipinski definition) is 12. The van der Waals surface area contributed by atoms with Crippen LogP contribution in [0.3, 0.4) is 0 Å². The SMILES string of the molecule is CC(C)C[C@H]1NC(=O)C(CCC(N)=O)NC(=O)[C@@H](CC(C)C)NC(=O)C(Cc2c[nH]c3ccccc23)NC(=O)[C@@H](CC(C)C)NC(=O)C(Cc2c[nH]c3ccccc23)NC(=O)[C@@H](CC(C)C)NC(=O)C(Cc2c[nH]c3ccccc23)NC1=O. The summed E-state index contributed by atoms with van der Waals surface area (Å²) in [5.41, 5.74) is 9.95. The van der Waals surface area contributed by atoms with E-state index in [1.807, 2.05) is 128 Å². The molecule has 9 amide bonds. The first kappa shape index (κ1) is 62.1. The highest BCUT2D eigenvalue weighted by Crippen LogP contribution is 2.24. The molecular weight excluding hydrogens is 1060 g/mol. The number of rotatable bonds is 17. The van der Waals surface area contributed by atoms with Gasteiger partial charge in [0.15, 0.2) is 0 Å². The highest BCUT2D eigenvalue weighted by atomic mass is 16.2. The lowest BCUT2D eigenvalue weighted by molar-refractivity contribution is -0.137. The standard InChI is InChI=1S/C62H82N12O9/c1-33(2)23-47-56(77)67-46(21-22-54(63)75)55(76)68-48(24-34(3)4)57(78)72-52(28-38-31-65-44-19-13-10-16-41(38)44)61(82)70-50(26-36(7)8)59(80)74-53(29-39-32-66-45-20-14-11-17-42(39)45)62(83)71-49(25-35(5)6)58(79)73-51(60(81)69-47)27-37-30-64-43-18-12-9-15-40(37)43/h9-20,30-36,46-53,64-66H,21-29H2,1-8H3,(H2,63,75)(H,67,77)(H,68,76)(H,69,81)(H,70,82)(H,71,83)(H,72,78)(H,73,79)(H,74,80)/t46?,47-,48-,49-,50-,51?,52?,53?/m1/s1. The van der Waals surface area contributed by atoms with Crippen LogP contribution in [0.5, 0.6) is 0 Å². The predicted octanol–water partition coefficient (Wildman–Crippen LogP) is 4.50. The molecule has 3 aromatic heterocycles. The van der Waals surface area contributed by atoms with Gasteiger partial charge in [0.05, 0.1) is 0 Å². The molecule has 4 unspecified atom stereocenters. The van der Waals surface area contributed by atoms with Crippen molar-refractivity contribution in [2.75, 3.05) is 0 Å². The van der Waals surface area contributed by atoms with Crippen LogP contribution in [-0.2, 0) is 62.4 Å². The second kappa shape index (κ2) is 28.5. The molecule has 21 nitrogen and oxygen atoms in total. The van der Waals surface area contributed by atoms with Gasteiger partial charge in [-0.2, -0.15) is 0 Å². The summed E-state index contributed by atoms with van der Waals surface area (Å²) in [6, 6.07) is 11.8. The van der Waals surface area contributed by atoms with Crippen molar-refractivity contribution in [2.45, 2.75) is 162 Å². The predicted molar refractivity (Wildman–Crippen MR) is 318 cm³/mol. The molecule has 444 valence electrons. The van der Waals surface area contributed by atoms with E-state index in [1.54, 1.807) is 18.6 Å². The van der Waals surface area contributed by atoms with Crippen molar-refractivity contribution in [3.63, 3.8) is 0 Å². The minimum atomic E-state index is -1.45. The van der Waals surface area contributed by atoms with E-state index in [9.17, 15) is 38.4 Å². The Labute approximate surface area is 483 Å². The number of amides is 9. The first-order valence-electron chi connectivity index (χ1n) is 28.9. The number of nitrogens with two attached hydrogens (primary N) is 1. The number of benzene rings is 3. The molecule has 1 saturated heterocycles. The van der Waals surface area contributed by atoms with Crippen molar-refractivity contribution in [2.24, 2.45) is 29.4 Å². The van der Waals surface area contributed by atoms with Crippen LogP contribution >= 0.6 is 0 Å². The van der Waals surface area contributed by atoms with Crippen LogP contribution in [0.25, 0.3) is 32.7 Å². The molecule has 13 N–H and O–H groups in total. The normalized spacial score (nSPS) is 22.5. The van der Waals surface area contributed by atoms with E-state index in [1.165, 1.54) is 0 Å². The summed E-state index contributed by atoms with van der Waals surface area (Å²) < 4.78 is 0. The summed E-state index contributed by atoms with van der Waals surface area (Å²) in [6.45, 7) is 14.8. The van der Waals surface area contributed by atoms with Gasteiger partial charge in [-0.25, -0.2) is 0 Å². The van der Waals surface area contributed by atoms with Gasteiger partial charge in [0.2, 0.25) is 53.2 Å². The summed E-state index contributed by atoms with van der Waals surface area (Å²) in [5.74, 6) is -7.48. The average molecular weight is 1140 g/mol. The van der Waals surface area contributed by atoms with E-state index in [4.69, 9.17) is 5.73 Å². The number of fused-ring (bicyclic) bond motifs is 3. The van der Waals surface area contributed by atoms with E-state index < -0.39 is 101 Å². The number of primary amides is 1. The molecule has 1 aliphatic rings. The second-order valence-corrected chi connectivity index (χ2v) is 23.7. The molecule has 1 fully saturated rings. The summed E-state index contributed by atoms with van der Waals surface area (Å²) >= 11 is 0. The fourth-order valence-electron chi connectivity index (χ4n) is 10.7. The second-order valence-electron chi connectivity index (χ2n) is 23.7. The van der Waals surface area contributed by atoms with Crippen molar-refractivity contribution in [3.8, 4) is 0 Å². The number of carbonyl (C=O) groups is 9. The highest BCUT2D eigenvalue weighted by molar-refractivity contribution is 6.00. The number of hydrogen-bond acceptors (Lipinski definition) is 9. The number of aromatic nitrogens is 3. The smallest absolute Gasteiger partial charge is 0.243 e. The molecule has 83 heavy (non-hydrogen) atoms. The Kier molecular flexibility index (Phi) is 21.3. The number of nitrogens with one attached hydrogen (secondary N) is 11. The molecule has 1 aliphatic heterocycles. The number of aromatic amines is 3. The van der Waals surface area contributed by atoms with Gasteiger partial charge in [-0.05, 0) is 90.7 Å². The Balaban J connectivity index is 1.33. The molecule has 6 aromatic rings. The first-order chi connectivity index (χ1) is 39.5. The summed E-state index contributed by atoms with van der Waals surface area (Å²) in [7, 11) is 0. The number of H-pyrrole nitrogens is 3. The molecule has 0 radical (unpaired) electrons. The van der Waals surface area contributed by atoms with Gasteiger partial charge in [0, 0.05) is 77.0 Å². The van der Waals surface area contributed by atoms with Gasteiger partial charge < -0.3 is 63.2 Å². The Morgan fingerprint density at radius 2 is 0.590 bits per heavy atom. The zero-order valence-corrected chi connectivity index (χ0v) is 48.7. The lowest BCUT2D eigenvalue weighted by Crippen LogP contribution is -2.62. The summed E-state index contributed by atoms with van der Waals surface area (Å²) in [4.78, 5) is 141. The zero-order valence-electron chi connectivity index (χ0n) is 48.7. The Bertz CT molecular complexity index is 3190. The van der Waals surface area contributed by atoms with Crippen LogP contribution in [0.1, 0.15) is 111 Å². The average Bonchev–Trinajstić information content (AvgIpc) is 4.33. The maximum Gasteiger partial charge on any atom is 0.243 e. The van der Waals surface area contributed by atoms with Gasteiger partial charge in [-0.3, -0.25) is 43.2 Å². The van der Waals surface area contributed by atoms with Crippen molar-refractivity contribution < 1.29 is 43.2 Å². The number of para-hydroxylation sites is 3. The molecule has 7 rings (SSSR count). The lowest BCUT2D eigenvalue weighted by Gasteiger charge is -2.30. The fraction of sp³-hybridized carbons (Fsp3) is 0.468. The molecule has 0 spiro atoms. The van der Waals surface area contributed by atoms with Gasteiger partial charge in [-0.1, -0.05) is 110 Å². The largest absolute Gasteiger partial charge is 0.370 e. The monoisotopic (exact) mass is 1140 g/mol. The van der Waals surface area contributed by atoms with Crippen LogP contribution in [0.15, 0.2) is 91.4 Å². The number of carbonyl (C=O) groups excluding carboxylic acids is 9. The molecule has 8 atom stereocenters. The fourth-order valence-corrected chi connectivity index (χ4v) is 10.7. The van der Waals surface area contributed by atoms with Crippen LogP contribution in [0, 0.1) is 23.7 Å². The van der Waals surface area contributed by atoms with Gasteiger partial charge in [-0.15, -0.1) is 0 Å². The molecule has 0 saturated carbocycles. The third-order valence-corrected chi connectivity index (χ3v) is 14.9. The van der Waals surface area contributed by atoms with Crippen molar-refractivity contribution >= 4 is 85.9 Å². The highest BCUT2D eigenvalue weighted by Gasteiger charge is 2.37.